The topological polar surface area (TPSA) is 30.7 Å². The number of thioether (sulfide) groups is 1. The van der Waals surface area contributed by atoms with Crippen LogP contribution in [0.1, 0.15) is 5.56 Å². The first-order chi connectivity index (χ1) is 9.34. The van der Waals surface area contributed by atoms with E-state index < -0.39 is 0 Å². The molecular formula is C15H13N3S. The molecule has 0 aliphatic carbocycles. The van der Waals surface area contributed by atoms with E-state index in [1.807, 2.05) is 42.5 Å². The van der Waals surface area contributed by atoms with Gasteiger partial charge in [-0.2, -0.15) is 0 Å². The van der Waals surface area contributed by atoms with Crippen LogP contribution in [0.15, 0.2) is 61.2 Å². The van der Waals surface area contributed by atoms with Crippen molar-refractivity contribution in [1.82, 2.24) is 15.0 Å². The van der Waals surface area contributed by atoms with Crippen molar-refractivity contribution in [2.75, 3.05) is 0 Å². The number of nitrogens with zero attached hydrogens (tertiary/aromatic N) is 3. The van der Waals surface area contributed by atoms with Crippen molar-refractivity contribution in [2.45, 2.75) is 5.75 Å². The van der Waals surface area contributed by atoms with Gasteiger partial charge < -0.3 is 0 Å². The molecule has 0 atom stereocenters. The summed E-state index contributed by atoms with van der Waals surface area (Å²) in [5, 5.41) is 9.17. The Morgan fingerprint density at radius 1 is 1.05 bits per heavy atom. The fraction of sp³-hybridized carbons (Fsp3) is 0.0667. The van der Waals surface area contributed by atoms with Gasteiger partial charge in [-0.3, -0.25) is 0 Å². The molecule has 4 heteroatoms. The first-order valence-electron chi connectivity index (χ1n) is 6.01. The van der Waals surface area contributed by atoms with Crippen molar-refractivity contribution in [2.24, 2.45) is 0 Å². The van der Waals surface area contributed by atoms with Crippen LogP contribution in [0, 0.1) is 0 Å². The Morgan fingerprint density at radius 2 is 1.79 bits per heavy atom. The van der Waals surface area contributed by atoms with E-state index in [0.717, 1.165) is 21.8 Å². The van der Waals surface area contributed by atoms with Gasteiger partial charge in [-0.25, -0.2) is 4.68 Å². The van der Waals surface area contributed by atoms with Crippen LogP contribution in [0.4, 0.5) is 0 Å². The molecular weight excluding hydrogens is 254 g/mol. The number of rotatable bonds is 4. The van der Waals surface area contributed by atoms with E-state index in [4.69, 9.17) is 0 Å². The Kier molecular flexibility index (Phi) is 3.33. The van der Waals surface area contributed by atoms with Crippen LogP contribution in [-0.2, 0) is 5.75 Å². The summed E-state index contributed by atoms with van der Waals surface area (Å²) in [5.41, 5.74) is 3.16. The molecule has 2 aromatic carbocycles. The molecule has 19 heavy (non-hydrogen) atoms. The van der Waals surface area contributed by atoms with Gasteiger partial charge in [-0.15, -0.1) is 16.9 Å². The molecule has 1 aromatic heterocycles. The highest BCUT2D eigenvalue weighted by Gasteiger charge is 2.07. The highest BCUT2D eigenvalue weighted by Crippen LogP contribution is 2.25. The van der Waals surface area contributed by atoms with Crippen LogP contribution in [-0.4, -0.2) is 15.0 Å². The molecule has 0 spiro atoms. The Balaban J connectivity index is 1.77. The number of para-hydroxylation sites is 1. The molecule has 0 aliphatic rings. The molecule has 0 unspecified atom stereocenters. The monoisotopic (exact) mass is 267 g/mol. The fourth-order valence-electron chi connectivity index (χ4n) is 1.86. The van der Waals surface area contributed by atoms with Crippen LogP contribution in [0.5, 0.6) is 0 Å². The third-order valence-corrected chi connectivity index (χ3v) is 3.82. The predicted molar refractivity (Wildman–Crippen MR) is 80.6 cm³/mol. The van der Waals surface area contributed by atoms with E-state index in [2.05, 4.69) is 29.0 Å². The van der Waals surface area contributed by atoms with Gasteiger partial charge in [0.15, 0.2) is 0 Å². The van der Waals surface area contributed by atoms with Gasteiger partial charge in [0.2, 0.25) is 0 Å². The highest BCUT2D eigenvalue weighted by molar-refractivity contribution is 8.07. The highest BCUT2D eigenvalue weighted by atomic mass is 32.2. The standard InChI is InChI=1S/C15H13N3S/c1-12(19-11-13-7-3-2-4-8-13)18-15-10-6-5-9-14(15)16-17-18/h2-10H,1,11H2. The van der Waals surface area contributed by atoms with Crippen molar-refractivity contribution in [3.05, 3.63) is 66.7 Å². The minimum absolute atomic E-state index is 0.883. The van der Waals surface area contributed by atoms with Crippen LogP contribution in [0.3, 0.4) is 0 Å². The number of hydrogen-bond donors (Lipinski definition) is 0. The average Bonchev–Trinajstić information content (AvgIpc) is 2.90. The Hall–Kier alpha value is -2.07. The second kappa shape index (κ2) is 5.28. The lowest BCUT2D eigenvalue weighted by atomic mass is 10.2. The first-order valence-corrected chi connectivity index (χ1v) is 6.99. The van der Waals surface area contributed by atoms with Crippen molar-refractivity contribution >= 4 is 27.8 Å². The zero-order valence-electron chi connectivity index (χ0n) is 10.4. The summed E-state index contributed by atoms with van der Waals surface area (Å²) in [5.74, 6) is 0.883. The molecule has 3 nitrogen and oxygen atoms in total. The zero-order valence-corrected chi connectivity index (χ0v) is 11.2. The molecule has 0 bridgehead atoms. The molecule has 0 fully saturated rings. The molecule has 3 aromatic rings. The summed E-state index contributed by atoms with van der Waals surface area (Å²) in [6.45, 7) is 4.09. The van der Waals surface area contributed by atoms with Gasteiger partial charge in [0.25, 0.3) is 0 Å². The molecule has 0 aliphatic heterocycles. The van der Waals surface area contributed by atoms with Gasteiger partial charge in [0, 0.05) is 5.75 Å². The van der Waals surface area contributed by atoms with Gasteiger partial charge >= 0.3 is 0 Å². The normalized spacial score (nSPS) is 10.7. The third kappa shape index (κ3) is 2.53. The maximum Gasteiger partial charge on any atom is 0.113 e. The summed E-state index contributed by atoms with van der Waals surface area (Å²) in [6.07, 6.45) is 0. The van der Waals surface area contributed by atoms with E-state index >= 15 is 0 Å². The zero-order chi connectivity index (χ0) is 13.1. The number of hydrogen-bond acceptors (Lipinski definition) is 3. The molecule has 94 valence electrons. The second-order valence-electron chi connectivity index (χ2n) is 4.16. The maximum atomic E-state index is 4.15. The summed E-state index contributed by atoms with van der Waals surface area (Å²) >= 11 is 1.67. The quantitative estimate of drug-likeness (QED) is 0.720. The molecule has 1 heterocycles. The van der Waals surface area contributed by atoms with Gasteiger partial charge in [-0.1, -0.05) is 54.3 Å². The van der Waals surface area contributed by atoms with Crippen molar-refractivity contribution in [3.8, 4) is 0 Å². The van der Waals surface area contributed by atoms with Crippen molar-refractivity contribution < 1.29 is 0 Å². The average molecular weight is 267 g/mol. The second-order valence-corrected chi connectivity index (χ2v) is 5.21. The summed E-state index contributed by atoms with van der Waals surface area (Å²) in [6, 6.07) is 18.2. The van der Waals surface area contributed by atoms with E-state index in [9.17, 15) is 0 Å². The van der Waals surface area contributed by atoms with Crippen LogP contribution < -0.4 is 0 Å². The number of fused-ring (bicyclic) bond motifs is 1. The lowest BCUT2D eigenvalue weighted by molar-refractivity contribution is 0.856. The molecule has 0 amide bonds. The smallest absolute Gasteiger partial charge is 0.113 e. The van der Waals surface area contributed by atoms with Crippen LogP contribution >= 0.6 is 11.8 Å². The van der Waals surface area contributed by atoms with Crippen LogP contribution in [0.25, 0.3) is 16.1 Å². The minimum Gasteiger partial charge on any atom is -0.207 e. The predicted octanol–water partition coefficient (Wildman–Crippen LogP) is 3.79. The molecule has 0 N–H and O–H groups in total. The lowest BCUT2D eigenvalue weighted by Crippen LogP contribution is -1.95. The summed E-state index contributed by atoms with van der Waals surface area (Å²) in [4.78, 5) is 0. The van der Waals surface area contributed by atoms with Gasteiger partial charge in [0.05, 0.1) is 10.5 Å². The van der Waals surface area contributed by atoms with Crippen LogP contribution in [0.2, 0.25) is 0 Å². The Labute approximate surface area is 115 Å². The minimum atomic E-state index is 0.883. The van der Waals surface area contributed by atoms with E-state index in [-0.39, 0.29) is 0 Å². The summed E-state index contributed by atoms with van der Waals surface area (Å²) < 4.78 is 1.79. The van der Waals surface area contributed by atoms with E-state index in [0.29, 0.717) is 0 Å². The van der Waals surface area contributed by atoms with Gasteiger partial charge in [0.1, 0.15) is 5.52 Å². The first kappa shape index (κ1) is 12.0. The largest absolute Gasteiger partial charge is 0.207 e. The number of benzene rings is 2. The van der Waals surface area contributed by atoms with E-state index in [1.165, 1.54) is 5.56 Å². The van der Waals surface area contributed by atoms with Gasteiger partial charge in [-0.05, 0) is 17.7 Å². The van der Waals surface area contributed by atoms with E-state index in [1.54, 1.807) is 16.4 Å². The maximum absolute atomic E-state index is 4.15. The van der Waals surface area contributed by atoms with Crippen molar-refractivity contribution in [3.63, 3.8) is 0 Å². The summed E-state index contributed by atoms with van der Waals surface area (Å²) in [7, 11) is 0. The van der Waals surface area contributed by atoms with Crippen molar-refractivity contribution in [1.29, 1.82) is 0 Å². The number of aromatic nitrogens is 3. The lowest BCUT2D eigenvalue weighted by Gasteiger charge is -2.05. The third-order valence-electron chi connectivity index (χ3n) is 2.84. The molecule has 0 saturated heterocycles. The Morgan fingerprint density at radius 3 is 2.63 bits per heavy atom. The Bertz CT molecular complexity index is 703. The molecule has 0 saturated carbocycles. The molecule has 3 rings (SSSR count). The fourth-order valence-corrected chi connectivity index (χ4v) is 2.64. The molecule has 0 radical (unpaired) electrons. The SMILES string of the molecule is C=C(SCc1ccccc1)n1nnc2ccccc21.